The molecular formula is C25H20FN5OS. The van der Waals surface area contributed by atoms with Crippen LogP contribution in [0.1, 0.15) is 5.56 Å². The maximum absolute atomic E-state index is 14.5. The zero-order valence-electron chi connectivity index (χ0n) is 17.6. The number of nitrogens with zero attached hydrogens (tertiary/aromatic N) is 5. The van der Waals surface area contributed by atoms with Gasteiger partial charge in [0.1, 0.15) is 12.4 Å². The van der Waals surface area contributed by atoms with Crippen LogP contribution in [0, 0.1) is 17.1 Å². The third-order valence-corrected chi connectivity index (χ3v) is 5.89. The van der Waals surface area contributed by atoms with Gasteiger partial charge in [-0.25, -0.2) is 4.39 Å². The minimum Gasteiger partial charge on any atom is -0.298 e. The van der Waals surface area contributed by atoms with Gasteiger partial charge in [0.05, 0.1) is 23.9 Å². The molecule has 0 N–H and O–H groups in total. The number of hydrogen-bond donors (Lipinski definition) is 0. The molecule has 0 saturated carbocycles. The third kappa shape index (κ3) is 5.27. The van der Waals surface area contributed by atoms with E-state index in [9.17, 15) is 14.4 Å². The maximum Gasteiger partial charge on any atom is 0.238 e. The summed E-state index contributed by atoms with van der Waals surface area (Å²) < 4.78 is 16.3. The molecule has 33 heavy (non-hydrogen) atoms. The van der Waals surface area contributed by atoms with Crippen LogP contribution in [0.2, 0.25) is 0 Å². The Hall–Kier alpha value is -3.96. The number of rotatable bonds is 8. The number of carbonyl (C=O) groups excluding carboxylic acids is 1. The van der Waals surface area contributed by atoms with Gasteiger partial charge in [-0.15, -0.1) is 10.2 Å². The minimum atomic E-state index is -0.392. The van der Waals surface area contributed by atoms with Crippen LogP contribution in [0.4, 0.5) is 10.1 Å². The first kappa shape index (κ1) is 22.2. The fourth-order valence-electron chi connectivity index (χ4n) is 3.35. The Balaban J connectivity index is 1.61. The number of aromatic nitrogens is 3. The topological polar surface area (TPSA) is 74.8 Å². The fourth-order valence-corrected chi connectivity index (χ4v) is 4.17. The molecule has 4 aromatic rings. The molecule has 0 aliphatic carbocycles. The van der Waals surface area contributed by atoms with Gasteiger partial charge < -0.3 is 0 Å². The van der Waals surface area contributed by atoms with Crippen LogP contribution in [0.3, 0.4) is 0 Å². The highest BCUT2D eigenvalue weighted by Gasteiger charge is 2.21. The fraction of sp³-hybridized carbons (Fsp3) is 0.120. The quantitative estimate of drug-likeness (QED) is 0.281. The molecule has 1 heterocycles. The van der Waals surface area contributed by atoms with Crippen molar-refractivity contribution >= 4 is 23.4 Å². The van der Waals surface area contributed by atoms with E-state index in [1.165, 1.54) is 22.7 Å². The third-order valence-electron chi connectivity index (χ3n) is 4.94. The molecule has 0 fully saturated rings. The van der Waals surface area contributed by atoms with Crippen LogP contribution in [-0.4, -0.2) is 33.0 Å². The first-order chi connectivity index (χ1) is 16.2. The smallest absolute Gasteiger partial charge is 0.238 e. The van der Waals surface area contributed by atoms with Crippen LogP contribution >= 0.6 is 11.8 Å². The van der Waals surface area contributed by atoms with Gasteiger partial charge in [-0.2, -0.15) is 5.26 Å². The second-order valence-electron chi connectivity index (χ2n) is 7.12. The standard InChI is InChI=1S/C25H20FN5OS/c26-22-14-8-7-13-21(22)24-28-29-25(31(24)17-19-9-3-1-4-10-19)33-18-23(32)30(16-15-27)20-11-5-2-6-12-20/h1-14H,16-18H2. The van der Waals surface area contributed by atoms with Crippen molar-refractivity contribution < 1.29 is 9.18 Å². The molecule has 0 bridgehead atoms. The molecule has 164 valence electrons. The molecule has 0 spiro atoms. The number of halogens is 1. The Kier molecular flexibility index (Phi) is 7.12. The van der Waals surface area contributed by atoms with E-state index in [-0.39, 0.29) is 18.2 Å². The average Bonchev–Trinajstić information content (AvgIpc) is 3.24. The summed E-state index contributed by atoms with van der Waals surface area (Å²) >= 11 is 1.21. The summed E-state index contributed by atoms with van der Waals surface area (Å²) in [4.78, 5) is 14.4. The van der Waals surface area contributed by atoms with Crippen molar-refractivity contribution in [2.75, 3.05) is 17.2 Å². The second-order valence-corrected chi connectivity index (χ2v) is 8.06. The highest BCUT2D eigenvalue weighted by molar-refractivity contribution is 7.99. The second kappa shape index (κ2) is 10.6. The summed E-state index contributed by atoms with van der Waals surface area (Å²) in [7, 11) is 0. The van der Waals surface area contributed by atoms with Gasteiger partial charge in [0.25, 0.3) is 0 Å². The van der Waals surface area contributed by atoms with Crippen molar-refractivity contribution in [3.8, 4) is 17.5 Å². The molecule has 0 atom stereocenters. The monoisotopic (exact) mass is 457 g/mol. The van der Waals surface area contributed by atoms with Crippen LogP contribution in [0.15, 0.2) is 90.1 Å². The summed E-state index contributed by atoms with van der Waals surface area (Å²) in [6.45, 7) is 0.370. The van der Waals surface area contributed by atoms with Gasteiger partial charge in [-0.3, -0.25) is 14.3 Å². The van der Waals surface area contributed by atoms with Crippen LogP contribution in [0.25, 0.3) is 11.4 Å². The Morgan fingerprint density at radius 1 is 0.970 bits per heavy atom. The van der Waals surface area contributed by atoms with Gasteiger partial charge in [-0.05, 0) is 29.8 Å². The lowest BCUT2D eigenvalue weighted by Gasteiger charge is -2.19. The molecule has 1 aromatic heterocycles. The molecule has 0 radical (unpaired) electrons. The summed E-state index contributed by atoms with van der Waals surface area (Å²) in [6, 6.07) is 27.2. The molecule has 0 saturated heterocycles. The Labute approximate surface area is 195 Å². The van der Waals surface area contributed by atoms with Crippen molar-refractivity contribution in [2.45, 2.75) is 11.7 Å². The van der Waals surface area contributed by atoms with E-state index < -0.39 is 5.82 Å². The van der Waals surface area contributed by atoms with Gasteiger partial charge in [0.15, 0.2) is 11.0 Å². The van der Waals surface area contributed by atoms with E-state index in [0.717, 1.165) is 5.56 Å². The zero-order chi connectivity index (χ0) is 23.0. The highest BCUT2D eigenvalue weighted by Crippen LogP contribution is 2.27. The van der Waals surface area contributed by atoms with E-state index in [2.05, 4.69) is 10.2 Å². The predicted octanol–water partition coefficient (Wildman–Crippen LogP) is 4.78. The highest BCUT2D eigenvalue weighted by atomic mass is 32.2. The normalized spacial score (nSPS) is 10.5. The van der Waals surface area contributed by atoms with E-state index in [1.807, 2.05) is 59.2 Å². The Morgan fingerprint density at radius 3 is 2.33 bits per heavy atom. The molecule has 6 nitrogen and oxygen atoms in total. The van der Waals surface area contributed by atoms with Crippen molar-refractivity contribution in [2.24, 2.45) is 0 Å². The largest absolute Gasteiger partial charge is 0.298 e. The lowest BCUT2D eigenvalue weighted by molar-refractivity contribution is -0.116. The Bertz CT molecular complexity index is 1270. The van der Waals surface area contributed by atoms with E-state index >= 15 is 0 Å². The van der Waals surface area contributed by atoms with Crippen LogP contribution in [0.5, 0.6) is 0 Å². The lowest BCUT2D eigenvalue weighted by Crippen LogP contribution is -2.32. The number of benzene rings is 3. The van der Waals surface area contributed by atoms with Gasteiger partial charge in [0.2, 0.25) is 5.91 Å². The van der Waals surface area contributed by atoms with E-state index in [4.69, 9.17) is 0 Å². The summed E-state index contributed by atoms with van der Waals surface area (Å²) in [5, 5.41) is 18.2. The molecular weight excluding hydrogens is 437 g/mol. The number of anilines is 1. The number of hydrogen-bond acceptors (Lipinski definition) is 5. The average molecular weight is 458 g/mol. The number of nitriles is 1. The molecule has 8 heteroatoms. The predicted molar refractivity (Wildman–Crippen MR) is 126 cm³/mol. The van der Waals surface area contributed by atoms with E-state index in [0.29, 0.717) is 28.8 Å². The van der Waals surface area contributed by atoms with Gasteiger partial charge in [-0.1, -0.05) is 72.4 Å². The SMILES string of the molecule is N#CCN(C(=O)CSc1nnc(-c2ccccc2F)n1Cc1ccccc1)c1ccccc1. The van der Waals surface area contributed by atoms with Crippen LogP contribution in [-0.2, 0) is 11.3 Å². The lowest BCUT2D eigenvalue weighted by atomic mass is 10.2. The number of thioether (sulfide) groups is 1. The van der Waals surface area contributed by atoms with E-state index in [1.54, 1.807) is 30.3 Å². The molecule has 3 aromatic carbocycles. The summed E-state index contributed by atoms with van der Waals surface area (Å²) in [5.41, 5.74) is 2.00. The van der Waals surface area contributed by atoms with Crippen molar-refractivity contribution in [3.05, 3.63) is 96.3 Å². The van der Waals surface area contributed by atoms with Crippen molar-refractivity contribution in [1.29, 1.82) is 5.26 Å². The van der Waals surface area contributed by atoms with Crippen molar-refractivity contribution in [3.63, 3.8) is 0 Å². The first-order valence-electron chi connectivity index (χ1n) is 10.2. The molecule has 0 aliphatic rings. The van der Waals surface area contributed by atoms with Crippen molar-refractivity contribution in [1.82, 2.24) is 14.8 Å². The zero-order valence-corrected chi connectivity index (χ0v) is 18.5. The molecule has 4 rings (SSSR count). The maximum atomic E-state index is 14.5. The molecule has 1 amide bonds. The first-order valence-corrected chi connectivity index (χ1v) is 11.2. The summed E-state index contributed by atoms with van der Waals surface area (Å²) in [5.74, 6) is -0.171. The minimum absolute atomic E-state index is 0.0550. The number of para-hydroxylation sites is 1. The molecule has 0 unspecified atom stereocenters. The summed E-state index contributed by atoms with van der Waals surface area (Å²) in [6.07, 6.45) is 0. The van der Waals surface area contributed by atoms with Crippen LogP contribution < -0.4 is 4.90 Å². The van der Waals surface area contributed by atoms with Gasteiger partial charge in [0, 0.05) is 5.69 Å². The Morgan fingerprint density at radius 2 is 1.64 bits per heavy atom. The molecule has 0 aliphatic heterocycles. The number of amides is 1. The number of carbonyl (C=O) groups is 1. The van der Waals surface area contributed by atoms with Gasteiger partial charge >= 0.3 is 0 Å².